The van der Waals surface area contributed by atoms with Gasteiger partial charge in [-0.2, -0.15) is 0 Å². The second-order valence-corrected chi connectivity index (χ2v) is 4.87. The van der Waals surface area contributed by atoms with E-state index in [4.69, 9.17) is 0 Å². The van der Waals surface area contributed by atoms with Crippen molar-refractivity contribution in [2.75, 3.05) is 32.7 Å². The van der Waals surface area contributed by atoms with Crippen molar-refractivity contribution >= 4 is 42.5 Å². The zero-order chi connectivity index (χ0) is 14.0. The van der Waals surface area contributed by atoms with Gasteiger partial charge in [-0.3, -0.25) is 39.6 Å². The zero-order valence-electron chi connectivity index (χ0n) is 10.6. The number of piperazine rings is 2. The van der Waals surface area contributed by atoms with Gasteiger partial charge in [0, 0.05) is 12.6 Å². The number of nitrogens with one attached hydrogen (secondary N) is 2. The quantitative estimate of drug-likeness (QED) is 0.413. The van der Waals surface area contributed by atoms with Crippen molar-refractivity contribution in [2.45, 2.75) is 13.0 Å². The van der Waals surface area contributed by atoms with Crippen LogP contribution in [0.5, 0.6) is 0 Å². The van der Waals surface area contributed by atoms with E-state index in [1.807, 2.05) is 6.92 Å². The summed E-state index contributed by atoms with van der Waals surface area (Å²) >= 11 is 0. The second-order valence-electron chi connectivity index (χ2n) is 4.87. The van der Waals surface area contributed by atoms with Crippen LogP contribution in [0.25, 0.3) is 0 Å². The fourth-order valence-corrected chi connectivity index (χ4v) is 2.29. The van der Waals surface area contributed by atoms with Gasteiger partial charge >= 0.3 is 18.9 Å². The minimum atomic E-state index is -0.324. The van der Waals surface area contributed by atoms with Crippen LogP contribution in [-0.2, 0) is 19.2 Å². The van der Waals surface area contributed by atoms with Gasteiger partial charge in [-0.25, -0.2) is 0 Å². The number of imide groups is 2. The van der Waals surface area contributed by atoms with Crippen molar-refractivity contribution in [1.29, 1.82) is 0 Å². The number of hydrogen-bond donors (Lipinski definition) is 2. The van der Waals surface area contributed by atoms with E-state index in [0.29, 0.717) is 6.54 Å². The van der Waals surface area contributed by atoms with E-state index >= 15 is 0 Å². The molecule has 2 N–H and O–H groups in total. The third kappa shape index (κ3) is 4.42. The van der Waals surface area contributed by atoms with Crippen LogP contribution >= 0.6 is 0 Å². The van der Waals surface area contributed by atoms with E-state index in [0.717, 1.165) is 0 Å². The van der Waals surface area contributed by atoms with Gasteiger partial charge in [-0.1, -0.05) is 0 Å². The van der Waals surface area contributed by atoms with E-state index < -0.39 is 0 Å². The van der Waals surface area contributed by atoms with Crippen LogP contribution in [0.1, 0.15) is 6.92 Å². The zero-order valence-corrected chi connectivity index (χ0v) is 10.6. The molecule has 0 bridgehead atoms. The number of carbonyl (C=O) groups is 4. The molecule has 0 radical (unpaired) electrons. The Kier molecular flexibility index (Phi) is 5.89. The standard InChI is InChI=1S/C11H16N4O4.Li.H/c1-7(15-5-10(18)13-11(19)6-15)2-14-3-8(16)12-9(17)4-14;;/h7H,2-6H2,1H3,(H,12,16,17)(H,13,18,19);;. The number of carbonyl (C=O) groups excluding carboxylic acids is 4. The molecule has 1 unspecified atom stereocenters. The SMILES string of the molecule is CC(CN1CC(=O)NC(=O)C1)N1CC(=O)NC(=O)C1.[LiH]. The predicted molar refractivity (Wildman–Crippen MR) is 70.9 cm³/mol. The monoisotopic (exact) mass is 276 g/mol. The molecule has 0 aliphatic carbocycles. The van der Waals surface area contributed by atoms with Crippen LogP contribution in [0.2, 0.25) is 0 Å². The molecule has 0 aromatic rings. The molecule has 0 spiro atoms. The summed E-state index contributed by atoms with van der Waals surface area (Å²) in [5.41, 5.74) is 0. The molecular formula is C11H17LiN4O4. The van der Waals surface area contributed by atoms with E-state index in [1.54, 1.807) is 9.80 Å². The molecule has 2 aliphatic rings. The summed E-state index contributed by atoms with van der Waals surface area (Å²) in [6.45, 7) is 2.94. The van der Waals surface area contributed by atoms with E-state index in [2.05, 4.69) is 10.6 Å². The van der Waals surface area contributed by atoms with Gasteiger partial charge < -0.3 is 0 Å². The summed E-state index contributed by atoms with van der Waals surface area (Å²) in [4.78, 5) is 48.5. The first-order valence-corrected chi connectivity index (χ1v) is 6.06. The van der Waals surface area contributed by atoms with Crippen molar-refractivity contribution in [3.8, 4) is 0 Å². The molecule has 1 atom stereocenters. The summed E-state index contributed by atoms with van der Waals surface area (Å²) in [7, 11) is 0. The third-order valence-electron chi connectivity index (χ3n) is 3.13. The predicted octanol–water partition coefficient (Wildman–Crippen LogP) is -3.36. The first-order valence-electron chi connectivity index (χ1n) is 6.06. The van der Waals surface area contributed by atoms with Gasteiger partial charge in [-0.15, -0.1) is 0 Å². The van der Waals surface area contributed by atoms with Crippen LogP contribution in [0.4, 0.5) is 0 Å². The summed E-state index contributed by atoms with van der Waals surface area (Å²) in [5.74, 6) is -1.29. The van der Waals surface area contributed by atoms with Crippen LogP contribution in [0.3, 0.4) is 0 Å². The van der Waals surface area contributed by atoms with Crippen molar-refractivity contribution in [3.63, 3.8) is 0 Å². The van der Waals surface area contributed by atoms with Gasteiger partial charge in [0.1, 0.15) is 0 Å². The maximum atomic E-state index is 11.3. The molecule has 2 rings (SSSR count). The Morgan fingerprint density at radius 3 is 1.75 bits per heavy atom. The van der Waals surface area contributed by atoms with Gasteiger partial charge in [0.05, 0.1) is 26.2 Å². The summed E-state index contributed by atoms with van der Waals surface area (Å²) in [6.07, 6.45) is 0. The fourth-order valence-electron chi connectivity index (χ4n) is 2.29. The molecule has 0 aromatic carbocycles. The Morgan fingerprint density at radius 1 is 0.900 bits per heavy atom. The van der Waals surface area contributed by atoms with Crippen molar-refractivity contribution in [2.24, 2.45) is 0 Å². The summed E-state index contributed by atoms with van der Waals surface area (Å²) in [5, 5.41) is 4.46. The molecule has 2 fully saturated rings. The molecule has 0 saturated carbocycles. The number of nitrogens with zero attached hydrogens (tertiary/aromatic N) is 2. The molecule has 2 saturated heterocycles. The fraction of sp³-hybridized carbons (Fsp3) is 0.636. The average molecular weight is 276 g/mol. The number of hydrogen-bond acceptors (Lipinski definition) is 6. The first-order chi connectivity index (χ1) is 8.94. The van der Waals surface area contributed by atoms with E-state index in [-0.39, 0.29) is 74.7 Å². The molecule has 4 amide bonds. The summed E-state index contributed by atoms with van der Waals surface area (Å²) in [6, 6.07) is -0.0892. The van der Waals surface area contributed by atoms with E-state index in [1.165, 1.54) is 0 Å². The van der Waals surface area contributed by atoms with Crippen molar-refractivity contribution in [1.82, 2.24) is 20.4 Å². The van der Waals surface area contributed by atoms with Crippen LogP contribution in [0.15, 0.2) is 0 Å². The molecule has 0 aromatic heterocycles. The Labute approximate surface area is 128 Å². The Balaban J connectivity index is 0.00000200. The van der Waals surface area contributed by atoms with Crippen LogP contribution in [-0.4, -0.2) is 91.1 Å². The Bertz CT molecular complexity index is 410. The maximum absolute atomic E-state index is 11.3. The number of amides is 4. The van der Waals surface area contributed by atoms with Gasteiger partial charge in [0.25, 0.3) is 0 Å². The van der Waals surface area contributed by atoms with Crippen LogP contribution < -0.4 is 10.6 Å². The minimum absolute atomic E-state index is 0. The molecule has 8 nitrogen and oxygen atoms in total. The van der Waals surface area contributed by atoms with Crippen molar-refractivity contribution in [3.05, 3.63) is 0 Å². The van der Waals surface area contributed by atoms with Gasteiger partial charge in [-0.05, 0) is 6.92 Å². The average Bonchev–Trinajstić information content (AvgIpc) is 2.25. The molecule has 2 heterocycles. The summed E-state index contributed by atoms with van der Waals surface area (Å²) < 4.78 is 0. The third-order valence-corrected chi connectivity index (χ3v) is 3.13. The van der Waals surface area contributed by atoms with E-state index in [9.17, 15) is 19.2 Å². The van der Waals surface area contributed by atoms with Crippen LogP contribution in [0, 0.1) is 0 Å². The molecule has 9 heteroatoms. The molecule has 106 valence electrons. The van der Waals surface area contributed by atoms with Gasteiger partial charge in [0.2, 0.25) is 23.6 Å². The normalized spacial score (nSPS) is 22.9. The Morgan fingerprint density at radius 2 is 1.30 bits per heavy atom. The molecule has 20 heavy (non-hydrogen) atoms. The molecule has 2 aliphatic heterocycles. The topological polar surface area (TPSA) is 98.8 Å². The molecular weight excluding hydrogens is 259 g/mol. The first kappa shape index (κ1) is 16.9. The second kappa shape index (κ2) is 6.99. The Hall–Kier alpha value is -1.20. The van der Waals surface area contributed by atoms with Crippen molar-refractivity contribution < 1.29 is 19.2 Å². The van der Waals surface area contributed by atoms with Gasteiger partial charge in [0.15, 0.2) is 0 Å². The number of rotatable bonds is 3.